The standard InChI is InChI=1S/C8H10BrNS/c9-8-2-1-7(11-8)6-3-5(6)4-10/h1-2,5-6H,3-4,10H2/t5-,6+/m0/s1. The van der Waals surface area contributed by atoms with Gasteiger partial charge in [-0.3, -0.25) is 0 Å². The van der Waals surface area contributed by atoms with Crippen molar-refractivity contribution in [2.45, 2.75) is 12.3 Å². The topological polar surface area (TPSA) is 26.0 Å². The second-order valence-corrected chi connectivity index (χ2v) is 5.47. The van der Waals surface area contributed by atoms with E-state index in [0.29, 0.717) is 0 Å². The minimum Gasteiger partial charge on any atom is -0.330 e. The first kappa shape index (κ1) is 7.77. The van der Waals surface area contributed by atoms with Gasteiger partial charge >= 0.3 is 0 Å². The summed E-state index contributed by atoms with van der Waals surface area (Å²) in [4.78, 5) is 1.49. The van der Waals surface area contributed by atoms with Gasteiger partial charge in [0.05, 0.1) is 3.79 Å². The lowest BCUT2D eigenvalue weighted by molar-refractivity contribution is 0.815. The summed E-state index contributed by atoms with van der Waals surface area (Å²) in [5.41, 5.74) is 5.56. The first-order chi connectivity index (χ1) is 5.31. The number of thiophene rings is 1. The van der Waals surface area contributed by atoms with Crippen LogP contribution >= 0.6 is 27.3 Å². The average molecular weight is 232 g/mol. The Kier molecular flexibility index (Phi) is 2.04. The molecule has 0 spiro atoms. The highest BCUT2D eigenvalue weighted by molar-refractivity contribution is 9.11. The number of nitrogens with two attached hydrogens (primary N) is 1. The number of rotatable bonds is 2. The van der Waals surface area contributed by atoms with Crippen LogP contribution in [0.25, 0.3) is 0 Å². The third-order valence-electron chi connectivity index (χ3n) is 2.18. The summed E-state index contributed by atoms with van der Waals surface area (Å²) in [6, 6.07) is 4.32. The summed E-state index contributed by atoms with van der Waals surface area (Å²) in [6.07, 6.45) is 1.30. The highest BCUT2D eigenvalue weighted by atomic mass is 79.9. The first-order valence-electron chi connectivity index (χ1n) is 3.76. The van der Waals surface area contributed by atoms with E-state index < -0.39 is 0 Å². The molecule has 2 N–H and O–H groups in total. The Bertz CT molecular complexity index is 258. The Balaban J connectivity index is 2.08. The Morgan fingerprint density at radius 1 is 1.64 bits per heavy atom. The predicted octanol–water partition coefficient (Wildman–Crippen LogP) is 2.57. The summed E-state index contributed by atoms with van der Waals surface area (Å²) < 4.78 is 1.23. The molecule has 0 unspecified atom stereocenters. The predicted molar refractivity (Wildman–Crippen MR) is 51.9 cm³/mol. The van der Waals surface area contributed by atoms with Crippen molar-refractivity contribution in [3.8, 4) is 0 Å². The van der Waals surface area contributed by atoms with Crippen LogP contribution in [0.1, 0.15) is 17.2 Å². The maximum atomic E-state index is 5.56. The van der Waals surface area contributed by atoms with Crippen LogP contribution in [-0.2, 0) is 0 Å². The van der Waals surface area contributed by atoms with Crippen LogP contribution < -0.4 is 5.73 Å². The van der Waals surface area contributed by atoms with E-state index in [-0.39, 0.29) is 0 Å². The molecule has 11 heavy (non-hydrogen) atoms. The highest BCUT2D eigenvalue weighted by Gasteiger charge is 2.37. The molecule has 2 rings (SSSR count). The van der Waals surface area contributed by atoms with E-state index in [4.69, 9.17) is 5.73 Å². The van der Waals surface area contributed by atoms with Crippen molar-refractivity contribution in [1.82, 2.24) is 0 Å². The van der Waals surface area contributed by atoms with Gasteiger partial charge in [0.25, 0.3) is 0 Å². The van der Waals surface area contributed by atoms with Crippen molar-refractivity contribution >= 4 is 27.3 Å². The van der Waals surface area contributed by atoms with E-state index in [0.717, 1.165) is 18.4 Å². The van der Waals surface area contributed by atoms with Gasteiger partial charge in [0.1, 0.15) is 0 Å². The summed E-state index contributed by atoms with van der Waals surface area (Å²) in [5.74, 6) is 1.54. The Labute approximate surface area is 78.7 Å². The zero-order chi connectivity index (χ0) is 7.84. The van der Waals surface area contributed by atoms with E-state index >= 15 is 0 Å². The van der Waals surface area contributed by atoms with Gasteiger partial charge in [-0.2, -0.15) is 0 Å². The molecule has 1 aromatic heterocycles. The lowest BCUT2D eigenvalue weighted by Crippen LogP contribution is -2.01. The summed E-state index contributed by atoms with van der Waals surface area (Å²) in [6.45, 7) is 0.847. The van der Waals surface area contributed by atoms with Gasteiger partial charge in [0, 0.05) is 4.88 Å². The fourth-order valence-corrected chi connectivity index (χ4v) is 3.01. The molecule has 0 radical (unpaired) electrons. The third-order valence-corrected chi connectivity index (χ3v) is 3.94. The number of hydrogen-bond acceptors (Lipinski definition) is 2. The van der Waals surface area contributed by atoms with Crippen LogP contribution in [0, 0.1) is 5.92 Å². The molecule has 1 fully saturated rings. The molecule has 1 aliphatic rings. The molecule has 1 nitrogen and oxygen atoms in total. The summed E-state index contributed by atoms with van der Waals surface area (Å²) in [5, 5.41) is 0. The molecular weight excluding hydrogens is 222 g/mol. The molecular formula is C8H10BrNS. The van der Waals surface area contributed by atoms with Crippen molar-refractivity contribution in [3.63, 3.8) is 0 Å². The van der Waals surface area contributed by atoms with Gasteiger partial charge in [0.2, 0.25) is 0 Å². The Morgan fingerprint density at radius 2 is 2.45 bits per heavy atom. The third kappa shape index (κ3) is 1.50. The lowest BCUT2D eigenvalue weighted by atomic mass is 10.3. The quantitative estimate of drug-likeness (QED) is 0.833. The minimum atomic E-state index is 0.764. The Hall–Kier alpha value is 0.140. The molecule has 0 saturated heterocycles. The van der Waals surface area contributed by atoms with Crippen molar-refractivity contribution in [2.75, 3.05) is 6.54 Å². The van der Waals surface area contributed by atoms with Crippen molar-refractivity contribution in [1.29, 1.82) is 0 Å². The lowest BCUT2D eigenvalue weighted by Gasteiger charge is -1.90. The molecule has 1 aromatic rings. The second kappa shape index (κ2) is 2.88. The monoisotopic (exact) mass is 231 g/mol. The normalized spacial score (nSPS) is 28.9. The number of halogens is 1. The van der Waals surface area contributed by atoms with Crippen LogP contribution in [0.15, 0.2) is 15.9 Å². The van der Waals surface area contributed by atoms with E-state index in [2.05, 4.69) is 28.1 Å². The fourth-order valence-electron chi connectivity index (χ4n) is 1.38. The van der Waals surface area contributed by atoms with Crippen LogP contribution in [0.5, 0.6) is 0 Å². The fraction of sp³-hybridized carbons (Fsp3) is 0.500. The van der Waals surface area contributed by atoms with Gasteiger partial charge in [-0.1, -0.05) is 0 Å². The highest BCUT2D eigenvalue weighted by Crippen LogP contribution is 2.49. The summed E-state index contributed by atoms with van der Waals surface area (Å²) >= 11 is 5.30. The molecule has 0 bridgehead atoms. The zero-order valence-electron chi connectivity index (χ0n) is 6.09. The van der Waals surface area contributed by atoms with Crippen LogP contribution in [0.4, 0.5) is 0 Å². The van der Waals surface area contributed by atoms with Gasteiger partial charge in [-0.05, 0) is 52.9 Å². The molecule has 2 atom stereocenters. The van der Waals surface area contributed by atoms with Crippen LogP contribution in [0.2, 0.25) is 0 Å². The average Bonchev–Trinajstić information content (AvgIpc) is 2.68. The van der Waals surface area contributed by atoms with E-state index in [9.17, 15) is 0 Å². The molecule has 3 heteroatoms. The SMILES string of the molecule is NC[C@@H]1C[C@H]1c1ccc(Br)s1. The van der Waals surface area contributed by atoms with Crippen molar-refractivity contribution in [2.24, 2.45) is 11.7 Å². The largest absolute Gasteiger partial charge is 0.330 e. The van der Waals surface area contributed by atoms with Gasteiger partial charge < -0.3 is 5.73 Å². The van der Waals surface area contributed by atoms with Crippen molar-refractivity contribution in [3.05, 3.63) is 20.8 Å². The summed E-state index contributed by atoms with van der Waals surface area (Å²) in [7, 11) is 0. The Morgan fingerprint density at radius 3 is 2.91 bits per heavy atom. The van der Waals surface area contributed by atoms with Gasteiger partial charge in [-0.25, -0.2) is 0 Å². The number of hydrogen-bond donors (Lipinski definition) is 1. The smallest absolute Gasteiger partial charge is 0.0701 e. The maximum Gasteiger partial charge on any atom is 0.0701 e. The first-order valence-corrected chi connectivity index (χ1v) is 5.37. The zero-order valence-corrected chi connectivity index (χ0v) is 8.49. The van der Waals surface area contributed by atoms with Gasteiger partial charge in [-0.15, -0.1) is 11.3 Å². The van der Waals surface area contributed by atoms with E-state index in [1.807, 2.05) is 11.3 Å². The van der Waals surface area contributed by atoms with Crippen LogP contribution in [0.3, 0.4) is 0 Å². The molecule has 0 aliphatic heterocycles. The van der Waals surface area contributed by atoms with Crippen molar-refractivity contribution < 1.29 is 0 Å². The molecule has 0 amide bonds. The molecule has 0 aromatic carbocycles. The minimum absolute atomic E-state index is 0.764. The van der Waals surface area contributed by atoms with E-state index in [1.165, 1.54) is 15.1 Å². The molecule has 1 saturated carbocycles. The van der Waals surface area contributed by atoms with E-state index in [1.54, 1.807) is 0 Å². The molecule has 1 heterocycles. The second-order valence-electron chi connectivity index (χ2n) is 2.98. The van der Waals surface area contributed by atoms with Crippen LogP contribution in [-0.4, -0.2) is 6.54 Å². The van der Waals surface area contributed by atoms with Gasteiger partial charge in [0.15, 0.2) is 0 Å². The molecule has 60 valence electrons. The molecule has 1 aliphatic carbocycles. The maximum absolute atomic E-state index is 5.56.